The molecule has 0 saturated heterocycles. The Morgan fingerprint density at radius 2 is 1.67 bits per heavy atom. The molecule has 0 heterocycles. The zero-order chi connectivity index (χ0) is 22.1. The Labute approximate surface area is 174 Å². The van der Waals surface area contributed by atoms with E-state index in [1.165, 1.54) is 33.5 Å². The lowest BCUT2D eigenvalue weighted by Crippen LogP contribution is -2.47. The Kier molecular flexibility index (Phi) is 7.86. The summed E-state index contributed by atoms with van der Waals surface area (Å²) in [6, 6.07) is 5.01. The van der Waals surface area contributed by atoms with Gasteiger partial charge in [-0.05, 0) is 37.8 Å². The highest BCUT2D eigenvalue weighted by atomic mass is 16.5. The number of methoxy groups -OCH3 is 3. The number of nitrogens with one attached hydrogen (secondary N) is 2. The molecule has 2 amide bonds. The number of esters is 1. The Morgan fingerprint density at radius 1 is 1.07 bits per heavy atom. The van der Waals surface area contributed by atoms with Gasteiger partial charge in [-0.15, -0.1) is 0 Å². The molecular weight excluding hydrogens is 394 g/mol. The normalized spacial score (nSPS) is 14.2. The van der Waals surface area contributed by atoms with Gasteiger partial charge in [-0.3, -0.25) is 14.4 Å². The molecule has 0 radical (unpaired) electrons. The second kappa shape index (κ2) is 10.3. The standard InChI is InChI=1S/C20H25N3O7/c1-27-14-8-13(9-15(28-2)18(14)29-3)19(26)22-10-17(25)30-11-16(24)23-20(12-21)6-4-5-7-20/h8-9H,4-7,10-11H2,1-3H3,(H,22,26)(H,23,24). The van der Waals surface area contributed by atoms with Gasteiger partial charge in [0.2, 0.25) is 5.75 Å². The van der Waals surface area contributed by atoms with Gasteiger partial charge in [0.1, 0.15) is 12.1 Å². The number of benzene rings is 1. The molecule has 2 N–H and O–H groups in total. The van der Waals surface area contributed by atoms with Crippen molar-refractivity contribution in [3.63, 3.8) is 0 Å². The van der Waals surface area contributed by atoms with Crippen molar-refractivity contribution in [1.29, 1.82) is 5.26 Å². The molecule has 1 saturated carbocycles. The monoisotopic (exact) mass is 419 g/mol. The van der Waals surface area contributed by atoms with Crippen molar-refractivity contribution in [2.75, 3.05) is 34.5 Å². The molecule has 10 heteroatoms. The van der Waals surface area contributed by atoms with E-state index in [4.69, 9.17) is 18.9 Å². The second-order valence-electron chi connectivity index (χ2n) is 6.71. The third kappa shape index (κ3) is 5.53. The van der Waals surface area contributed by atoms with Crippen molar-refractivity contribution in [2.45, 2.75) is 31.2 Å². The van der Waals surface area contributed by atoms with E-state index in [0.29, 0.717) is 30.1 Å². The van der Waals surface area contributed by atoms with Gasteiger partial charge in [0, 0.05) is 5.56 Å². The average Bonchev–Trinajstić information content (AvgIpc) is 3.23. The summed E-state index contributed by atoms with van der Waals surface area (Å²) in [5.74, 6) is -0.991. The Hall–Kier alpha value is -3.48. The lowest BCUT2D eigenvalue weighted by atomic mass is 10.00. The van der Waals surface area contributed by atoms with Crippen molar-refractivity contribution < 1.29 is 33.3 Å². The number of amides is 2. The van der Waals surface area contributed by atoms with E-state index in [1.54, 1.807) is 0 Å². The summed E-state index contributed by atoms with van der Waals surface area (Å²) in [4.78, 5) is 36.2. The summed E-state index contributed by atoms with van der Waals surface area (Å²) < 4.78 is 20.4. The fourth-order valence-electron chi connectivity index (χ4n) is 3.21. The molecular formula is C20H25N3O7. The minimum atomic E-state index is -0.885. The van der Waals surface area contributed by atoms with Crippen molar-refractivity contribution in [3.05, 3.63) is 17.7 Å². The second-order valence-corrected chi connectivity index (χ2v) is 6.71. The van der Waals surface area contributed by atoms with Gasteiger partial charge in [0.25, 0.3) is 11.8 Å². The van der Waals surface area contributed by atoms with E-state index in [9.17, 15) is 19.6 Å². The number of rotatable bonds is 9. The Balaban J connectivity index is 1.86. The topological polar surface area (TPSA) is 136 Å². The first-order valence-corrected chi connectivity index (χ1v) is 9.34. The van der Waals surface area contributed by atoms with Crippen LogP contribution in [0.25, 0.3) is 0 Å². The summed E-state index contributed by atoms with van der Waals surface area (Å²) >= 11 is 0. The third-order valence-electron chi connectivity index (χ3n) is 4.73. The van der Waals surface area contributed by atoms with Crippen LogP contribution in [0.15, 0.2) is 12.1 Å². The summed E-state index contributed by atoms with van der Waals surface area (Å²) in [5.41, 5.74) is -0.697. The van der Waals surface area contributed by atoms with Crippen LogP contribution in [0.3, 0.4) is 0 Å². The molecule has 2 rings (SSSR count). The molecule has 30 heavy (non-hydrogen) atoms. The highest BCUT2D eigenvalue weighted by Gasteiger charge is 2.35. The summed E-state index contributed by atoms with van der Waals surface area (Å²) in [6.07, 6.45) is 2.88. The number of carbonyl (C=O) groups is 3. The first kappa shape index (κ1) is 22.8. The zero-order valence-electron chi connectivity index (χ0n) is 17.2. The van der Waals surface area contributed by atoms with E-state index < -0.39 is 36.5 Å². The average molecular weight is 419 g/mol. The zero-order valence-corrected chi connectivity index (χ0v) is 17.2. The largest absolute Gasteiger partial charge is 0.493 e. The van der Waals surface area contributed by atoms with Crippen LogP contribution in [0.1, 0.15) is 36.0 Å². The minimum absolute atomic E-state index is 0.187. The predicted octanol–water partition coefficient (Wildman–Crippen LogP) is 0.938. The van der Waals surface area contributed by atoms with Gasteiger partial charge in [0.15, 0.2) is 18.1 Å². The maximum Gasteiger partial charge on any atom is 0.325 e. The minimum Gasteiger partial charge on any atom is -0.493 e. The SMILES string of the molecule is COc1cc(C(=O)NCC(=O)OCC(=O)NC2(C#N)CCCC2)cc(OC)c1OC. The molecule has 0 aromatic heterocycles. The molecule has 0 unspecified atom stereocenters. The maximum atomic E-state index is 12.3. The van der Waals surface area contributed by atoms with Crippen LogP contribution in [0.2, 0.25) is 0 Å². The fraction of sp³-hybridized carbons (Fsp3) is 0.500. The highest BCUT2D eigenvalue weighted by Crippen LogP contribution is 2.38. The lowest BCUT2D eigenvalue weighted by Gasteiger charge is -2.21. The number of carbonyl (C=O) groups excluding carboxylic acids is 3. The molecule has 0 bridgehead atoms. The number of ether oxygens (including phenoxy) is 4. The molecule has 0 aliphatic heterocycles. The summed E-state index contributed by atoms with van der Waals surface area (Å²) in [7, 11) is 4.28. The van der Waals surface area contributed by atoms with Gasteiger partial charge < -0.3 is 29.6 Å². The molecule has 0 spiro atoms. The fourth-order valence-corrected chi connectivity index (χ4v) is 3.21. The van der Waals surface area contributed by atoms with Crippen molar-refractivity contribution >= 4 is 17.8 Å². The van der Waals surface area contributed by atoms with Crippen LogP contribution < -0.4 is 24.8 Å². The summed E-state index contributed by atoms with van der Waals surface area (Å²) in [6.45, 7) is -0.964. The third-order valence-corrected chi connectivity index (χ3v) is 4.73. The number of nitrogens with zero attached hydrogens (tertiary/aromatic N) is 1. The first-order valence-electron chi connectivity index (χ1n) is 9.34. The Bertz CT molecular complexity index is 816. The molecule has 1 aromatic rings. The molecule has 1 fully saturated rings. The van der Waals surface area contributed by atoms with E-state index in [0.717, 1.165) is 12.8 Å². The summed E-state index contributed by atoms with van der Waals surface area (Å²) in [5, 5.41) is 14.3. The molecule has 162 valence electrons. The van der Waals surface area contributed by atoms with Crippen LogP contribution in [0.4, 0.5) is 0 Å². The first-order chi connectivity index (χ1) is 14.4. The van der Waals surface area contributed by atoms with E-state index in [2.05, 4.69) is 16.7 Å². The van der Waals surface area contributed by atoms with Gasteiger partial charge >= 0.3 is 5.97 Å². The van der Waals surface area contributed by atoms with Crippen molar-refractivity contribution in [2.24, 2.45) is 0 Å². The smallest absolute Gasteiger partial charge is 0.325 e. The Morgan fingerprint density at radius 3 is 2.17 bits per heavy atom. The van der Waals surface area contributed by atoms with Crippen LogP contribution in [-0.4, -0.2) is 57.8 Å². The van der Waals surface area contributed by atoms with Crippen molar-refractivity contribution in [3.8, 4) is 23.3 Å². The molecule has 0 atom stereocenters. The predicted molar refractivity (Wildman–Crippen MR) is 104 cm³/mol. The highest BCUT2D eigenvalue weighted by molar-refractivity contribution is 5.97. The lowest BCUT2D eigenvalue weighted by molar-refractivity contribution is -0.147. The van der Waals surface area contributed by atoms with Crippen LogP contribution >= 0.6 is 0 Å². The van der Waals surface area contributed by atoms with Gasteiger partial charge in [-0.1, -0.05) is 0 Å². The van der Waals surface area contributed by atoms with E-state index in [-0.39, 0.29) is 5.56 Å². The molecule has 1 aromatic carbocycles. The quantitative estimate of drug-likeness (QED) is 0.565. The maximum absolute atomic E-state index is 12.3. The molecule has 10 nitrogen and oxygen atoms in total. The van der Waals surface area contributed by atoms with Crippen LogP contribution in [0, 0.1) is 11.3 Å². The number of hydrogen-bond donors (Lipinski definition) is 2. The molecule has 1 aliphatic carbocycles. The van der Waals surface area contributed by atoms with Gasteiger partial charge in [0.05, 0.1) is 27.4 Å². The van der Waals surface area contributed by atoms with Crippen LogP contribution in [0.5, 0.6) is 17.2 Å². The van der Waals surface area contributed by atoms with Crippen molar-refractivity contribution in [1.82, 2.24) is 10.6 Å². The van der Waals surface area contributed by atoms with E-state index in [1.807, 2.05) is 0 Å². The molecule has 1 aliphatic rings. The number of nitriles is 1. The van der Waals surface area contributed by atoms with E-state index >= 15 is 0 Å². The van der Waals surface area contributed by atoms with Gasteiger partial charge in [-0.2, -0.15) is 5.26 Å². The van der Waals surface area contributed by atoms with Crippen LogP contribution in [-0.2, 0) is 14.3 Å². The van der Waals surface area contributed by atoms with Gasteiger partial charge in [-0.25, -0.2) is 0 Å². The number of hydrogen-bond acceptors (Lipinski definition) is 8.